The number of hydrogen-bond acceptors (Lipinski definition) is 3. The summed E-state index contributed by atoms with van der Waals surface area (Å²) in [6, 6.07) is 14.5. The number of rotatable bonds is 1. The molecule has 0 bridgehead atoms. The minimum atomic E-state index is 0.0763. The van der Waals surface area contributed by atoms with E-state index in [9.17, 15) is 0 Å². The maximum absolute atomic E-state index is 6.11. The van der Waals surface area contributed by atoms with E-state index in [4.69, 9.17) is 4.74 Å². The van der Waals surface area contributed by atoms with Gasteiger partial charge in [-0.25, -0.2) is 4.98 Å². The Bertz CT molecular complexity index is 827. The summed E-state index contributed by atoms with van der Waals surface area (Å²) in [5, 5.41) is 0. The number of para-hydroxylation sites is 3. The summed E-state index contributed by atoms with van der Waals surface area (Å²) in [6.07, 6.45) is 0. The van der Waals surface area contributed by atoms with Crippen LogP contribution in [0.15, 0.2) is 42.5 Å². The number of ether oxygens (including phenoxy) is 1. The summed E-state index contributed by atoms with van der Waals surface area (Å²) in [6.45, 7) is 7.98. The van der Waals surface area contributed by atoms with E-state index in [2.05, 4.69) is 53.8 Å². The molecule has 1 N–H and O–H groups in total. The highest BCUT2D eigenvalue weighted by atomic mass is 16.5. The van der Waals surface area contributed by atoms with Gasteiger partial charge in [-0.3, -0.25) is 0 Å². The van der Waals surface area contributed by atoms with E-state index in [1.807, 2.05) is 24.3 Å². The molecule has 1 aliphatic rings. The SMILES string of the molecule is CC(C)(C)c1cccc2c1OCN(c1nc3ccccc3[nH]1)C2. The van der Waals surface area contributed by atoms with E-state index in [-0.39, 0.29) is 5.41 Å². The number of anilines is 1. The maximum atomic E-state index is 6.11. The van der Waals surface area contributed by atoms with Crippen molar-refractivity contribution in [2.45, 2.75) is 32.7 Å². The molecule has 4 rings (SSSR count). The van der Waals surface area contributed by atoms with Crippen molar-refractivity contribution in [1.82, 2.24) is 9.97 Å². The molecule has 4 nitrogen and oxygen atoms in total. The van der Waals surface area contributed by atoms with Crippen LogP contribution in [0.25, 0.3) is 11.0 Å². The molecule has 0 fully saturated rings. The number of H-pyrrole nitrogens is 1. The summed E-state index contributed by atoms with van der Waals surface area (Å²) in [4.78, 5) is 10.2. The fraction of sp³-hybridized carbons (Fsp3) is 0.316. The zero-order valence-corrected chi connectivity index (χ0v) is 13.8. The predicted octanol–water partition coefficient (Wildman–Crippen LogP) is 4.22. The first-order chi connectivity index (χ1) is 11.0. The van der Waals surface area contributed by atoms with Gasteiger partial charge in [-0.1, -0.05) is 51.1 Å². The van der Waals surface area contributed by atoms with Crippen LogP contribution in [0.3, 0.4) is 0 Å². The Morgan fingerprint density at radius 3 is 2.70 bits per heavy atom. The van der Waals surface area contributed by atoms with Gasteiger partial charge >= 0.3 is 0 Å². The zero-order chi connectivity index (χ0) is 16.0. The van der Waals surface area contributed by atoms with Gasteiger partial charge in [-0.15, -0.1) is 0 Å². The number of aromatic nitrogens is 2. The quantitative estimate of drug-likeness (QED) is 0.732. The molecule has 2 aromatic carbocycles. The second-order valence-corrected chi connectivity index (χ2v) is 7.09. The standard InChI is InChI=1S/C19H21N3O/c1-19(2,3)14-8-6-7-13-11-22(12-23-17(13)14)18-20-15-9-4-5-10-16(15)21-18/h4-10H,11-12H2,1-3H3,(H,20,21). The fourth-order valence-corrected chi connectivity index (χ4v) is 3.09. The van der Waals surface area contributed by atoms with Crippen LogP contribution < -0.4 is 9.64 Å². The summed E-state index contributed by atoms with van der Waals surface area (Å²) in [7, 11) is 0. The molecule has 1 aliphatic heterocycles. The van der Waals surface area contributed by atoms with Gasteiger partial charge in [-0.2, -0.15) is 0 Å². The van der Waals surface area contributed by atoms with Gasteiger partial charge in [0.15, 0.2) is 6.73 Å². The van der Waals surface area contributed by atoms with Crippen molar-refractivity contribution in [3.8, 4) is 5.75 Å². The minimum absolute atomic E-state index is 0.0763. The van der Waals surface area contributed by atoms with Crippen molar-refractivity contribution < 1.29 is 4.74 Å². The van der Waals surface area contributed by atoms with Crippen LogP contribution in [-0.2, 0) is 12.0 Å². The highest BCUT2D eigenvalue weighted by Crippen LogP contribution is 2.37. The van der Waals surface area contributed by atoms with Gasteiger partial charge in [0, 0.05) is 5.56 Å². The number of nitrogens with one attached hydrogen (secondary N) is 1. The second kappa shape index (κ2) is 5.01. The molecule has 0 saturated carbocycles. The lowest BCUT2D eigenvalue weighted by Crippen LogP contribution is -2.34. The third-order valence-electron chi connectivity index (χ3n) is 4.31. The second-order valence-electron chi connectivity index (χ2n) is 7.09. The zero-order valence-electron chi connectivity index (χ0n) is 13.8. The van der Waals surface area contributed by atoms with E-state index in [1.165, 1.54) is 11.1 Å². The van der Waals surface area contributed by atoms with Gasteiger partial charge < -0.3 is 14.6 Å². The third-order valence-corrected chi connectivity index (χ3v) is 4.31. The van der Waals surface area contributed by atoms with Gasteiger partial charge in [0.1, 0.15) is 5.75 Å². The highest BCUT2D eigenvalue weighted by Gasteiger charge is 2.26. The van der Waals surface area contributed by atoms with Crippen LogP contribution in [0.1, 0.15) is 31.9 Å². The molecule has 0 amide bonds. The first-order valence-corrected chi connectivity index (χ1v) is 7.97. The van der Waals surface area contributed by atoms with Crippen LogP contribution >= 0.6 is 0 Å². The van der Waals surface area contributed by atoms with Crippen molar-refractivity contribution >= 4 is 17.0 Å². The molecule has 1 aromatic heterocycles. The number of aromatic amines is 1. The fourth-order valence-electron chi connectivity index (χ4n) is 3.09. The van der Waals surface area contributed by atoms with Crippen LogP contribution in [0.2, 0.25) is 0 Å². The number of fused-ring (bicyclic) bond motifs is 2. The first kappa shape index (κ1) is 14.1. The maximum Gasteiger partial charge on any atom is 0.206 e. The molecular weight excluding hydrogens is 286 g/mol. The van der Waals surface area contributed by atoms with Gasteiger partial charge in [-0.05, 0) is 23.1 Å². The van der Waals surface area contributed by atoms with Crippen LogP contribution in [-0.4, -0.2) is 16.7 Å². The molecule has 23 heavy (non-hydrogen) atoms. The third kappa shape index (κ3) is 2.44. The molecule has 4 heteroatoms. The Labute approximate surface area is 136 Å². The van der Waals surface area contributed by atoms with Crippen LogP contribution in [0, 0.1) is 0 Å². The number of imidazole rings is 1. The van der Waals surface area contributed by atoms with Gasteiger partial charge in [0.05, 0.1) is 17.6 Å². The molecule has 2 heterocycles. The molecule has 3 aromatic rings. The van der Waals surface area contributed by atoms with Crippen LogP contribution in [0.5, 0.6) is 5.75 Å². The molecule has 0 saturated heterocycles. The summed E-state index contributed by atoms with van der Waals surface area (Å²) in [5.41, 5.74) is 4.59. The monoisotopic (exact) mass is 307 g/mol. The molecule has 0 aliphatic carbocycles. The molecule has 0 unspecified atom stereocenters. The summed E-state index contributed by atoms with van der Waals surface area (Å²) >= 11 is 0. The van der Waals surface area contributed by atoms with Crippen LogP contribution in [0.4, 0.5) is 5.95 Å². The molecule has 0 radical (unpaired) electrons. The molecular formula is C19H21N3O. The first-order valence-electron chi connectivity index (χ1n) is 7.97. The number of benzene rings is 2. The van der Waals surface area contributed by atoms with E-state index < -0.39 is 0 Å². The van der Waals surface area contributed by atoms with Crippen molar-refractivity contribution in [3.05, 3.63) is 53.6 Å². The Hall–Kier alpha value is -2.49. The van der Waals surface area contributed by atoms with E-state index in [1.54, 1.807) is 0 Å². The predicted molar refractivity (Wildman–Crippen MR) is 92.9 cm³/mol. The van der Waals surface area contributed by atoms with Crippen molar-refractivity contribution in [2.24, 2.45) is 0 Å². The number of nitrogens with zero attached hydrogens (tertiary/aromatic N) is 2. The van der Waals surface area contributed by atoms with Crippen molar-refractivity contribution in [2.75, 3.05) is 11.6 Å². The molecule has 0 atom stereocenters. The van der Waals surface area contributed by atoms with Gasteiger partial charge in [0.25, 0.3) is 0 Å². The smallest absolute Gasteiger partial charge is 0.206 e. The van der Waals surface area contributed by atoms with Crippen molar-refractivity contribution in [3.63, 3.8) is 0 Å². The normalized spacial score (nSPS) is 14.7. The highest BCUT2D eigenvalue weighted by molar-refractivity contribution is 5.77. The van der Waals surface area contributed by atoms with E-state index >= 15 is 0 Å². The average molecular weight is 307 g/mol. The summed E-state index contributed by atoms with van der Waals surface area (Å²) in [5.74, 6) is 1.89. The Morgan fingerprint density at radius 2 is 1.91 bits per heavy atom. The van der Waals surface area contributed by atoms with E-state index in [0.717, 1.165) is 29.3 Å². The molecule has 0 spiro atoms. The lowest BCUT2D eigenvalue weighted by Gasteiger charge is -2.32. The largest absolute Gasteiger partial charge is 0.472 e. The Balaban J connectivity index is 1.69. The van der Waals surface area contributed by atoms with Crippen molar-refractivity contribution in [1.29, 1.82) is 0 Å². The lowest BCUT2D eigenvalue weighted by atomic mass is 9.85. The Morgan fingerprint density at radius 1 is 1.09 bits per heavy atom. The van der Waals surface area contributed by atoms with Gasteiger partial charge in [0.2, 0.25) is 5.95 Å². The van der Waals surface area contributed by atoms with E-state index in [0.29, 0.717) is 6.73 Å². The number of hydrogen-bond donors (Lipinski definition) is 1. The lowest BCUT2D eigenvalue weighted by molar-refractivity contribution is 0.279. The molecule has 118 valence electrons. The summed E-state index contributed by atoms with van der Waals surface area (Å²) < 4.78 is 6.11. The average Bonchev–Trinajstić information content (AvgIpc) is 2.97. The Kier molecular flexibility index (Phi) is 3.08. The minimum Gasteiger partial charge on any atom is -0.472 e. The topological polar surface area (TPSA) is 41.1 Å².